The summed E-state index contributed by atoms with van der Waals surface area (Å²) in [7, 11) is 0. The van der Waals surface area contributed by atoms with Gasteiger partial charge in [0.05, 0.1) is 45.6 Å². The molecule has 306 valence electrons. The highest BCUT2D eigenvalue weighted by molar-refractivity contribution is 6.29. The molecule has 0 saturated heterocycles. The minimum Gasteiger partial charge on any atom is -0.291 e. The summed E-state index contributed by atoms with van der Waals surface area (Å²) in [6.07, 6.45) is 4.21. The molecule has 0 amide bonds. The normalized spacial score (nSPS) is 18.3. The summed E-state index contributed by atoms with van der Waals surface area (Å²) >= 11 is 0. The van der Waals surface area contributed by atoms with E-state index in [-0.39, 0.29) is 33.5 Å². The fraction of sp³-hybridized carbons (Fsp3) is 0.481. The van der Waals surface area contributed by atoms with E-state index in [0.717, 1.165) is 51.8 Å². The van der Waals surface area contributed by atoms with Gasteiger partial charge in [-0.05, 0) is 97.8 Å². The lowest BCUT2D eigenvalue weighted by atomic mass is 9.80. The van der Waals surface area contributed by atoms with Gasteiger partial charge in [0.25, 0.3) is 0 Å². The first-order valence-corrected chi connectivity index (χ1v) is 22.6. The van der Waals surface area contributed by atoms with Crippen LogP contribution in [0.25, 0.3) is 76.7 Å². The maximum absolute atomic E-state index is 10.9. The molecule has 0 N–H and O–H groups in total. The Morgan fingerprint density at radius 1 is 0.517 bits per heavy atom. The molecule has 0 saturated carbocycles. The van der Waals surface area contributed by atoms with Crippen LogP contribution in [0, 0.1) is 11.3 Å². The number of pyridine rings is 1. The first kappa shape index (κ1) is 37.9. The largest absolute Gasteiger partial charge is 0.291 e. The topological polar surface area (TPSA) is 71.3 Å². The number of benzene rings is 3. The second-order valence-corrected chi connectivity index (χ2v) is 23.0. The fourth-order valence-electron chi connectivity index (χ4n) is 13.7. The number of rotatable bonds is 4. The monoisotopic (exact) mass is 792 g/mol. The molecule has 0 atom stereocenters. The molecule has 2 aliphatic carbocycles. The maximum atomic E-state index is 10.9. The van der Waals surface area contributed by atoms with Crippen molar-refractivity contribution >= 4 is 76.7 Å². The molecule has 3 aromatic carbocycles. The predicted octanol–water partition coefficient (Wildman–Crippen LogP) is 14.5. The summed E-state index contributed by atoms with van der Waals surface area (Å²) < 4.78 is 4.89. The summed E-state index contributed by atoms with van der Waals surface area (Å²) in [5.41, 5.74) is 19.5. The molecule has 0 bridgehead atoms. The third-order valence-corrected chi connectivity index (χ3v) is 15.3. The van der Waals surface area contributed by atoms with Crippen molar-refractivity contribution in [2.75, 3.05) is 0 Å². The summed E-state index contributed by atoms with van der Waals surface area (Å²) in [6, 6.07) is 9.91. The fourth-order valence-corrected chi connectivity index (χ4v) is 13.7. The summed E-state index contributed by atoms with van der Waals surface area (Å²) in [6.45, 7) is 37.7. The Hall–Kier alpha value is -5.02. The van der Waals surface area contributed by atoms with Crippen LogP contribution >= 0.6 is 0 Å². The molecule has 11 rings (SSSR count). The van der Waals surface area contributed by atoms with E-state index in [1.807, 2.05) is 0 Å². The minimum absolute atomic E-state index is 0.0176. The van der Waals surface area contributed by atoms with Crippen LogP contribution in [0.3, 0.4) is 0 Å². The Labute approximate surface area is 354 Å². The van der Waals surface area contributed by atoms with Crippen molar-refractivity contribution in [3.05, 3.63) is 74.6 Å². The average molecular weight is 793 g/mol. The lowest BCUT2D eigenvalue weighted by Gasteiger charge is -2.23. The van der Waals surface area contributed by atoms with Crippen molar-refractivity contribution in [2.45, 2.75) is 169 Å². The lowest BCUT2D eigenvalue weighted by molar-refractivity contribution is 0.400. The summed E-state index contributed by atoms with van der Waals surface area (Å²) in [5.74, 6) is 1.16. The van der Waals surface area contributed by atoms with Crippen molar-refractivity contribution in [1.29, 1.82) is 5.26 Å². The first-order valence-electron chi connectivity index (χ1n) is 22.6. The lowest BCUT2D eigenvalue weighted by Crippen LogP contribution is -2.18. The Kier molecular flexibility index (Phi) is 7.12. The van der Waals surface area contributed by atoms with Crippen molar-refractivity contribution in [3.8, 4) is 6.07 Å². The third-order valence-electron chi connectivity index (χ3n) is 15.3. The molecule has 0 spiro atoms. The molecule has 6 heterocycles. The zero-order chi connectivity index (χ0) is 42.8. The highest BCUT2D eigenvalue weighted by Gasteiger charge is 2.48. The SMILES string of the molecule is CC(C)c1cc(C(C)C)c2c3c4c(ncc3n3c5nc6c7c(C(C)C)cc(C(C)C)c8c9c%10c(c(C#N)cc9n(c6nc5c1c23)c78)C(C)(C)CC%10(C)C)C(C)(C)CC4(C)C. The molecular weight excluding hydrogens is 733 g/mol. The van der Waals surface area contributed by atoms with Crippen molar-refractivity contribution in [1.82, 2.24) is 23.8 Å². The molecule has 6 heteroatoms. The van der Waals surface area contributed by atoms with E-state index in [0.29, 0.717) is 11.8 Å². The van der Waals surface area contributed by atoms with E-state index in [4.69, 9.17) is 15.0 Å². The van der Waals surface area contributed by atoms with Gasteiger partial charge in [-0.15, -0.1) is 0 Å². The molecule has 0 unspecified atom stereocenters. The standard InChI is InChI=1S/C54H60N6/c1-24(2)29-18-31(26(5)6)37-44-49(59-33-17-28(20-55)41-42(39(33)35(29)46(37)59)52(11,12)22-51(41,9)10)57-45-38-32(27(7)8)19-30(25(3)4)36-40-34(60(47(36)38)50(45)58-44)21-56-48-43(40)53(13,14)23-54(48,15)16/h17-19,21,24-27H,22-23H2,1-16H3. The molecule has 60 heavy (non-hydrogen) atoms. The second-order valence-electron chi connectivity index (χ2n) is 23.0. The quantitative estimate of drug-likeness (QED) is 0.178. The van der Waals surface area contributed by atoms with Crippen LogP contribution in [0.5, 0.6) is 0 Å². The molecule has 9 aromatic rings. The zero-order valence-corrected chi connectivity index (χ0v) is 38.7. The molecule has 2 aliphatic rings. The van der Waals surface area contributed by atoms with Gasteiger partial charge in [0.1, 0.15) is 11.0 Å². The first-order chi connectivity index (χ1) is 28.0. The number of fused-ring (bicyclic) bond motifs is 16. The van der Waals surface area contributed by atoms with Gasteiger partial charge < -0.3 is 0 Å². The highest BCUT2D eigenvalue weighted by atomic mass is 15.1. The van der Waals surface area contributed by atoms with E-state index < -0.39 is 0 Å². The van der Waals surface area contributed by atoms with Crippen molar-refractivity contribution < 1.29 is 0 Å². The van der Waals surface area contributed by atoms with Gasteiger partial charge in [0, 0.05) is 37.7 Å². The zero-order valence-electron chi connectivity index (χ0n) is 38.7. The summed E-state index contributed by atoms with van der Waals surface area (Å²) in [5, 5.41) is 18.6. The van der Waals surface area contributed by atoms with Crippen LogP contribution in [0.4, 0.5) is 0 Å². The van der Waals surface area contributed by atoms with Crippen LogP contribution in [-0.2, 0) is 21.7 Å². The van der Waals surface area contributed by atoms with Crippen LogP contribution < -0.4 is 0 Å². The van der Waals surface area contributed by atoms with E-state index in [1.54, 1.807) is 0 Å². The van der Waals surface area contributed by atoms with Gasteiger partial charge in [-0.3, -0.25) is 13.8 Å². The average Bonchev–Trinajstić information content (AvgIpc) is 3.93. The highest BCUT2D eigenvalue weighted by Crippen LogP contribution is 2.58. The van der Waals surface area contributed by atoms with Gasteiger partial charge in [0.2, 0.25) is 0 Å². The van der Waals surface area contributed by atoms with Crippen molar-refractivity contribution in [3.63, 3.8) is 0 Å². The number of nitrogens with zero attached hydrogens (tertiary/aromatic N) is 6. The van der Waals surface area contributed by atoms with Gasteiger partial charge in [-0.1, -0.05) is 123 Å². The smallest absolute Gasteiger partial charge is 0.165 e. The molecule has 6 nitrogen and oxygen atoms in total. The number of aromatic nitrogens is 5. The Morgan fingerprint density at radius 3 is 1.42 bits per heavy atom. The number of nitriles is 1. The predicted molar refractivity (Wildman–Crippen MR) is 252 cm³/mol. The van der Waals surface area contributed by atoms with E-state index in [9.17, 15) is 5.26 Å². The van der Waals surface area contributed by atoms with E-state index in [2.05, 4.69) is 150 Å². The second kappa shape index (κ2) is 11.3. The van der Waals surface area contributed by atoms with Crippen LogP contribution in [-0.4, -0.2) is 23.8 Å². The number of hydrogen-bond donors (Lipinski definition) is 0. The van der Waals surface area contributed by atoms with E-state index >= 15 is 0 Å². The summed E-state index contributed by atoms with van der Waals surface area (Å²) in [4.78, 5) is 17.2. The maximum Gasteiger partial charge on any atom is 0.165 e. The molecule has 0 aliphatic heterocycles. The van der Waals surface area contributed by atoms with E-state index in [1.165, 1.54) is 88.0 Å². The molecule has 0 fully saturated rings. The van der Waals surface area contributed by atoms with Crippen LogP contribution in [0.2, 0.25) is 0 Å². The molecule has 0 radical (unpaired) electrons. The molecular formula is C54H60N6. The Morgan fingerprint density at radius 2 is 0.933 bits per heavy atom. The van der Waals surface area contributed by atoms with Gasteiger partial charge in [-0.25, -0.2) is 9.97 Å². The van der Waals surface area contributed by atoms with Gasteiger partial charge in [0.15, 0.2) is 11.3 Å². The third kappa shape index (κ3) is 4.32. The van der Waals surface area contributed by atoms with Gasteiger partial charge in [-0.2, -0.15) is 5.26 Å². The Balaban J connectivity index is 1.43. The van der Waals surface area contributed by atoms with Crippen LogP contribution in [0.15, 0.2) is 24.4 Å². The minimum atomic E-state index is -0.120. The Bertz CT molecular complexity index is 3440. The van der Waals surface area contributed by atoms with Gasteiger partial charge >= 0.3 is 0 Å². The van der Waals surface area contributed by atoms with Crippen LogP contribution in [0.1, 0.15) is 197 Å². The molecule has 6 aromatic heterocycles. The van der Waals surface area contributed by atoms with Crippen molar-refractivity contribution in [2.24, 2.45) is 0 Å². The number of hydrogen-bond acceptors (Lipinski definition) is 4.